The molecule has 0 aromatic heterocycles. The van der Waals surface area contributed by atoms with Crippen LogP contribution in [0.25, 0.3) is 0 Å². The maximum absolute atomic E-state index is 0. The van der Waals surface area contributed by atoms with Gasteiger partial charge in [-0.2, -0.15) is 0 Å². The zero-order valence-corrected chi connectivity index (χ0v) is 11.1. The number of hydrogen-bond donors (Lipinski definition) is 0. The van der Waals surface area contributed by atoms with Crippen molar-refractivity contribution in [2.24, 2.45) is 0 Å². The summed E-state index contributed by atoms with van der Waals surface area (Å²) in [5.41, 5.74) is 0. The second-order valence-electron chi connectivity index (χ2n) is 0. The molecule has 11 heavy (non-hydrogen) atoms. The van der Waals surface area contributed by atoms with Crippen molar-refractivity contribution in [2.75, 3.05) is 0 Å². The summed E-state index contributed by atoms with van der Waals surface area (Å²) in [5, 5.41) is 0. The van der Waals surface area contributed by atoms with Crippen LogP contribution >= 0.6 is 0 Å². The first-order chi connectivity index (χ1) is 0. The predicted octanol–water partition coefficient (Wildman–Crippen LogP) is -2.18. The van der Waals surface area contributed by atoms with Crippen molar-refractivity contribution >= 4 is 40.4 Å². The third kappa shape index (κ3) is 239. The average Bonchev–Trinajstić information content (AvgIpc) is 0. The summed E-state index contributed by atoms with van der Waals surface area (Å²) in [7, 11) is 0. The minimum absolute atomic E-state index is 0. The summed E-state index contributed by atoms with van der Waals surface area (Å²) in [6.45, 7) is 0. The molecular formula is H8AlCeMgO8. The van der Waals surface area contributed by atoms with Crippen LogP contribution in [0.5, 0.6) is 0 Å². The van der Waals surface area contributed by atoms with Crippen LogP contribution in [0.15, 0.2) is 0 Å². The Morgan fingerprint density at radius 3 is 0.364 bits per heavy atom. The van der Waals surface area contributed by atoms with E-state index in [-0.39, 0.29) is 126 Å². The van der Waals surface area contributed by atoms with Gasteiger partial charge in [0.25, 0.3) is 0 Å². The largest absolute Gasteiger partial charge is 3.00 e. The fourth-order valence-electron chi connectivity index (χ4n) is 0. The van der Waals surface area contributed by atoms with Crippen molar-refractivity contribution in [3.05, 3.63) is 0 Å². The van der Waals surface area contributed by atoms with Crippen LogP contribution < -0.4 is 0 Å². The van der Waals surface area contributed by atoms with Crippen LogP contribution in [-0.4, -0.2) is 84.2 Å². The molecule has 1 radical (unpaired) electrons. The van der Waals surface area contributed by atoms with Crippen molar-refractivity contribution < 1.29 is 85.6 Å². The normalized spacial score (nSPS) is 0. The molecule has 0 aromatic carbocycles. The van der Waals surface area contributed by atoms with E-state index in [0.717, 1.165) is 0 Å². The van der Waals surface area contributed by atoms with Crippen LogP contribution in [-0.2, 0) is 0 Å². The standard InChI is InChI=1S/Al.Ce.Mg.8H2O/h;;;8*1H2/q2*+3;+2;;;;;;;;/p-8. The first-order valence-electron chi connectivity index (χ1n) is 0. The Bertz CT molecular complexity index is 14.1. The topological polar surface area (TPSA) is 240 Å². The Balaban J connectivity index is 0. The van der Waals surface area contributed by atoms with Crippen molar-refractivity contribution in [3.63, 3.8) is 0 Å². The number of rotatable bonds is 0. The first kappa shape index (κ1) is 368. The maximum atomic E-state index is 0. The van der Waals surface area contributed by atoms with E-state index in [2.05, 4.69) is 0 Å². The summed E-state index contributed by atoms with van der Waals surface area (Å²) < 4.78 is 0. The molecule has 8 nitrogen and oxygen atoms in total. The fourth-order valence-corrected chi connectivity index (χ4v) is 0. The summed E-state index contributed by atoms with van der Waals surface area (Å²) in [5.74, 6) is 0. The zero-order valence-electron chi connectivity index (χ0n) is 5.36. The Hall–Kier alpha value is 2.36. The molecule has 0 amide bonds. The fraction of sp³-hybridized carbons (Fsp3) is 0. The molecule has 0 saturated heterocycles. The van der Waals surface area contributed by atoms with E-state index < -0.39 is 0 Å². The summed E-state index contributed by atoms with van der Waals surface area (Å²) in [6, 6.07) is 0. The van der Waals surface area contributed by atoms with Gasteiger partial charge in [0.1, 0.15) is 0 Å². The van der Waals surface area contributed by atoms with Crippen molar-refractivity contribution in [1.29, 1.82) is 0 Å². The van der Waals surface area contributed by atoms with Crippen molar-refractivity contribution in [2.45, 2.75) is 0 Å². The molecule has 65 valence electrons. The Kier molecular flexibility index (Phi) is 9590. The van der Waals surface area contributed by atoms with Gasteiger partial charge >= 0.3 is 82.2 Å². The second-order valence-corrected chi connectivity index (χ2v) is 0. The van der Waals surface area contributed by atoms with Gasteiger partial charge in [-0.1, -0.05) is 0 Å². The third-order valence-corrected chi connectivity index (χ3v) is 0. The van der Waals surface area contributed by atoms with Gasteiger partial charge < -0.3 is 43.8 Å². The molecule has 0 atom stereocenters. The third-order valence-electron chi connectivity index (χ3n) is 0. The van der Waals surface area contributed by atoms with E-state index in [1.165, 1.54) is 0 Å². The van der Waals surface area contributed by atoms with E-state index in [4.69, 9.17) is 0 Å². The SMILES string of the molecule is [Al+3].[Ce+3].[Mg+2].[OH-].[OH-].[OH-].[OH-].[OH-].[OH-].[OH-].[OH-]. The number of hydrogen-bond acceptors (Lipinski definition) is 8. The van der Waals surface area contributed by atoms with Crippen molar-refractivity contribution in [1.82, 2.24) is 0 Å². The van der Waals surface area contributed by atoms with E-state index in [0.29, 0.717) is 0 Å². The molecule has 8 N–H and O–H groups in total. The molecule has 0 rings (SSSR count). The van der Waals surface area contributed by atoms with Gasteiger partial charge in [0.15, 0.2) is 0 Å². The molecule has 0 heterocycles. The predicted molar refractivity (Wildman–Crippen MR) is 27.0 cm³/mol. The molecule has 0 spiro atoms. The van der Waals surface area contributed by atoms with Crippen LogP contribution in [0.4, 0.5) is 0 Å². The van der Waals surface area contributed by atoms with Gasteiger partial charge in [-0.05, 0) is 0 Å². The Morgan fingerprint density at radius 1 is 0.364 bits per heavy atom. The maximum Gasteiger partial charge on any atom is 3.00 e. The van der Waals surface area contributed by atoms with Gasteiger partial charge in [0.2, 0.25) is 0 Å². The minimum Gasteiger partial charge on any atom is -0.870 e. The molecule has 0 fully saturated rings. The van der Waals surface area contributed by atoms with Crippen LogP contribution in [0.1, 0.15) is 0 Å². The molecule has 0 bridgehead atoms. The van der Waals surface area contributed by atoms with Crippen LogP contribution in [0, 0.1) is 41.7 Å². The van der Waals surface area contributed by atoms with Crippen LogP contribution in [0.3, 0.4) is 0 Å². The van der Waals surface area contributed by atoms with Gasteiger partial charge in [-0.25, -0.2) is 0 Å². The zero-order chi connectivity index (χ0) is 0. The molecule has 0 aliphatic heterocycles. The molecule has 0 aromatic rings. The van der Waals surface area contributed by atoms with E-state index >= 15 is 0 Å². The summed E-state index contributed by atoms with van der Waals surface area (Å²) in [6.07, 6.45) is 0. The van der Waals surface area contributed by atoms with Crippen LogP contribution in [0.2, 0.25) is 0 Å². The molecule has 0 aliphatic carbocycles. The first-order valence-corrected chi connectivity index (χ1v) is 0. The average molecular weight is 327 g/mol. The van der Waals surface area contributed by atoms with Crippen molar-refractivity contribution in [3.8, 4) is 0 Å². The Morgan fingerprint density at radius 2 is 0.364 bits per heavy atom. The quantitative estimate of drug-likeness (QED) is 0.441. The second kappa shape index (κ2) is 287. The molecule has 11 heteroatoms. The van der Waals surface area contributed by atoms with Gasteiger partial charge in [-0.15, -0.1) is 0 Å². The van der Waals surface area contributed by atoms with E-state index in [9.17, 15) is 0 Å². The summed E-state index contributed by atoms with van der Waals surface area (Å²) in [4.78, 5) is 0. The molecular weight excluding hydrogens is 319 g/mol. The monoisotopic (exact) mass is 327 g/mol. The van der Waals surface area contributed by atoms with E-state index in [1.807, 2.05) is 0 Å². The van der Waals surface area contributed by atoms with E-state index in [1.54, 1.807) is 0 Å². The van der Waals surface area contributed by atoms with Gasteiger partial charge in [0.05, 0.1) is 0 Å². The molecule has 0 unspecified atom stereocenters. The summed E-state index contributed by atoms with van der Waals surface area (Å²) >= 11 is 0. The smallest absolute Gasteiger partial charge is 0.870 e. The molecule has 0 aliphatic rings. The van der Waals surface area contributed by atoms with Gasteiger partial charge in [0, 0.05) is 0 Å². The van der Waals surface area contributed by atoms with Gasteiger partial charge in [-0.3, -0.25) is 0 Å². The molecule has 0 saturated carbocycles. The minimum atomic E-state index is 0. The Labute approximate surface area is 124 Å².